The quantitative estimate of drug-likeness (QED) is 0.189. The Morgan fingerprint density at radius 1 is 0.356 bits per heavy atom. The van der Waals surface area contributed by atoms with Crippen molar-refractivity contribution in [3.05, 3.63) is 170 Å². The van der Waals surface area contributed by atoms with Gasteiger partial charge in [0.1, 0.15) is 11.2 Å². The normalized spacial score (nSPS) is 13.4. The van der Waals surface area contributed by atoms with Gasteiger partial charge < -0.3 is 4.42 Å². The van der Waals surface area contributed by atoms with Crippen molar-refractivity contribution in [3.63, 3.8) is 0 Å². The number of benzene rings is 8. The largest absolute Gasteiger partial charge is 0.456 e. The zero-order chi connectivity index (χ0) is 35.0. The molecule has 210 valence electrons. The number of rotatable bonds is 4. The van der Waals surface area contributed by atoms with E-state index in [-0.39, 0.29) is 29.7 Å². The van der Waals surface area contributed by atoms with E-state index in [1.54, 1.807) is 12.1 Å². The zero-order valence-corrected chi connectivity index (χ0v) is 24.1. The van der Waals surface area contributed by atoms with E-state index in [2.05, 4.69) is 48.5 Å². The summed E-state index contributed by atoms with van der Waals surface area (Å²) in [5.41, 5.74) is 7.92. The predicted molar refractivity (Wildman–Crippen MR) is 190 cm³/mol. The summed E-state index contributed by atoms with van der Waals surface area (Å²) in [4.78, 5) is 0. The average molecular weight is 579 g/mol. The minimum atomic E-state index is -0.426. The Morgan fingerprint density at radius 2 is 0.911 bits per heavy atom. The topological polar surface area (TPSA) is 13.1 Å². The maximum Gasteiger partial charge on any atom is 0.136 e. The van der Waals surface area contributed by atoms with Crippen LogP contribution >= 0.6 is 0 Å². The van der Waals surface area contributed by atoms with Crippen LogP contribution in [0.5, 0.6) is 0 Å². The van der Waals surface area contributed by atoms with E-state index in [0.717, 1.165) is 65.7 Å². The van der Waals surface area contributed by atoms with Crippen LogP contribution in [0.4, 0.5) is 0 Å². The van der Waals surface area contributed by atoms with E-state index in [0.29, 0.717) is 22.8 Å². The number of furan rings is 1. The van der Waals surface area contributed by atoms with Crippen LogP contribution in [0, 0.1) is 0 Å². The van der Waals surface area contributed by atoms with Crippen molar-refractivity contribution in [2.24, 2.45) is 0 Å². The molecule has 0 spiro atoms. The summed E-state index contributed by atoms with van der Waals surface area (Å²) in [6, 6.07) is 42.8. The first-order valence-corrected chi connectivity index (χ1v) is 14.9. The number of fused-ring (bicyclic) bond motifs is 5. The van der Waals surface area contributed by atoms with Crippen molar-refractivity contribution >= 4 is 43.5 Å². The average Bonchev–Trinajstić information content (AvgIpc) is 3.55. The van der Waals surface area contributed by atoms with Crippen molar-refractivity contribution < 1.29 is 12.6 Å². The highest BCUT2D eigenvalue weighted by atomic mass is 16.3. The molecule has 1 heterocycles. The summed E-state index contributed by atoms with van der Waals surface area (Å²) in [6.45, 7) is 0. The molecule has 9 aromatic rings. The fraction of sp³-hybridized carbons (Fsp3) is 0. The zero-order valence-electron chi connectivity index (χ0n) is 30.1. The smallest absolute Gasteiger partial charge is 0.136 e. The van der Waals surface area contributed by atoms with Gasteiger partial charge in [0.25, 0.3) is 0 Å². The monoisotopic (exact) mass is 578 g/mol. The van der Waals surface area contributed by atoms with Crippen molar-refractivity contribution in [1.82, 2.24) is 0 Å². The molecule has 9 rings (SSSR count). The third-order valence-corrected chi connectivity index (χ3v) is 8.72. The maximum absolute atomic E-state index is 9.02. The molecule has 0 aliphatic heterocycles. The molecule has 0 bridgehead atoms. The van der Waals surface area contributed by atoms with Gasteiger partial charge in [-0.05, 0) is 72.6 Å². The van der Waals surface area contributed by atoms with E-state index >= 15 is 0 Å². The lowest BCUT2D eigenvalue weighted by molar-refractivity contribution is 0.669. The summed E-state index contributed by atoms with van der Waals surface area (Å²) < 4.78 is 57.7. The van der Waals surface area contributed by atoms with Gasteiger partial charge in [-0.1, -0.05) is 158 Å². The summed E-state index contributed by atoms with van der Waals surface area (Å²) in [6.07, 6.45) is 0. The van der Waals surface area contributed by atoms with Crippen LogP contribution in [0.25, 0.3) is 88.0 Å². The highest BCUT2D eigenvalue weighted by Crippen LogP contribution is 2.50. The minimum Gasteiger partial charge on any atom is -0.456 e. The molecule has 0 radical (unpaired) electrons. The molecule has 0 saturated heterocycles. The van der Waals surface area contributed by atoms with E-state index in [9.17, 15) is 0 Å². The van der Waals surface area contributed by atoms with Crippen LogP contribution in [0.3, 0.4) is 0 Å². The van der Waals surface area contributed by atoms with Crippen LogP contribution in [0.15, 0.2) is 174 Å². The molecule has 0 atom stereocenters. The first-order valence-electron chi connectivity index (χ1n) is 17.9. The van der Waals surface area contributed by atoms with Gasteiger partial charge in [-0.3, -0.25) is 0 Å². The second kappa shape index (κ2) is 10.4. The number of hydrogen-bond donors (Lipinski definition) is 0. The highest BCUT2D eigenvalue weighted by Gasteiger charge is 2.23. The molecular formula is C44H28O. The molecule has 0 aliphatic rings. The molecule has 0 saturated carbocycles. The van der Waals surface area contributed by atoms with E-state index in [1.165, 1.54) is 0 Å². The Balaban J connectivity index is 1.42. The van der Waals surface area contributed by atoms with Crippen molar-refractivity contribution in [3.8, 4) is 44.5 Å². The van der Waals surface area contributed by atoms with Crippen LogP contribution in [-0.4, -0.2) is 0 Å². The standard InChI is InChI=1S/C44H28O/c1-3-13-29(14-4-1)30-23-25-32(26-24-30)41-34-17-7-9-19-36(34)42(37-20-10-8-18-35(37)41)44-33(31-15-5-2-6-16-31)27-28-40-43(44)38-21-11-12-22-39(38)45-40/h1-28H/i1D,2D,5D,6D,15D,16D. The van der Waals surface area contributed by atoms with E-state index < -0.39 is 6.04 Å². The third kappa shape index (κ3) is 4.09. The van der Waals surface area contributed by atoms with Gasteiger partial charge in [-0.25, -0.2) is 0 Å². The van der Waals surface area contributed by atoms with Crippen molar-refractivity contribution in [1.29, 1.82) is 0 Å². The third-order valence-electron chi connectivity index (χ3n) is 8.72. The molecule has 45 heavy (non-hydrogen) atoms. The van der Waals surface area contributed by atoms with Gasteiger partial charge in [0.05, 0.1) is 8.22 Å². The summed E-state index contributed by atoms with van der Waals surface area (Å²) in [5, 5.41) is 5.67. The molecule has 1 heteroatoms. The summed E-state index contributed by atoms with van der Waals surface area (Å²) >= 11 is 0. The molecule has 1 nitrogen and oxygen atoms in total. The number of hydrogen-bond acceptors (Lipinski definition) is 1. The Morgan fingerprint density at radius 3 is 1.58 bits per heavy atom. The lowest BCUT2D eigenvalue weighted by Gasteiger charge is -2.20. The van der Waals surface area contributed by atoms with Crippen LogP contribution in [0.1, 0.15) is 8.22 Å². The maximum atomic E-state index is 9.02. The van der Waals surface area contributed by atoms with Crippen molar-refractivity contribution in [2.45, 2.75) is 0 Å². The van der Waals surface area contributed by atoms with Gasteiger partial charge in [0.2, 0.25) is 0 Å². The molecular weight excluding hydrogens is 544 g/mol. The fourth-order valence-corrected chi connectivity index (χ4v) is 6.79. The Hall–Kier alpha value is -5.92. The molecule has 8 aromatic carbocycles. The SMILES string of the molecule is [2H]c1ccc(-c2ccc(-c3c4ccccc4c(-c4c(-c5c([2H])c([2H])c([2H])c([2H])c5[2H])ccc5oc6ccccc6c45)c4ccccc34)cc2)cc1. The molecule has 0 N–H and O–H groups in total. The second-order valence-corrected chi connectivity index (χ2v) is 11.2. The van der Waals surface area contributed by atoms with Crippen LogP contribution in [-0.2, 0) is 0 Å². The molecule has 1 aromatic heterocycles. The molecule has 0 amide bonds. The first kappa shape index (κ1) is 20.1. The van der Waals surface area contributed by atoms with Gasteiger partial charge >= 0.3 is 0 Å². The van der Waals surface area contributed by atoms with Gasteiger partial charge in [0.15, 0.2) is 0 Å². The Labute approximate surface area is 270 Å². The van der Waals surface area contributed by atoms with Gasteiger partial charge in [0, 0.05) is 16.3 Å². The van der Waals surface area contributed by atoms with E-state index in [4.69, 9.17) is 12.6 Å². The number of para-hydroxylation sites is 1. The lowest BCUT2D eigenvalue weighted by Crippen LogP contribution is -1.93. The van der Waals surface area contributed by atoms with Crippen LogP contribution in [0.2, 0.25) is 0 Å². The minimum absolute atomic E-state index is 0.148. The Bertz CT molecular complexity index is 2770. The lowest BCUT2D eigenvalue weighted by atomic mass is 9.82. The fourth-order valence-electron chi connectivity index (χ4n) is 6.79. The highest BCUT2D eigenvalue weighted by molar-refractivity contribution is 6.27. The summed E-state index contributed by atoms with van der Waals surface area (Å²) in [7, 11) is 0. The van der Waals surface area contributed by atoms with Crippen molar-refractivity contribution in [2.75, 3.05) is 0 Å². The summed E-state index contributed by atoms with van der Waals surface area (Å²) in [5.74, 6) is 0. The Kier molecular flexibility index (Phi) is 4.63. The first-order chi connectivity index (χ1) is 24.8. The molecule has 0 fully saturated rings. The molecule has 0 unspecified atom stereocenters. The molecule has 0 aliphatic carbocycles. The second-order valence-electron chi connectivity index (χ2n) is 11.2. The van der Waals surface area contributed by atoms with Crippen LogP contribution < -0.4 is 0 Å². The van der Waals surface area contributed by atoms with Gasteiger partial charge in [-0.15, -0.1) is 0 Å². The van der Waals surface area contributed by atoms with E-state index in [1.807, 2.05) is 72.8 Å². The van der Waals surface area contributed by atoms with Gasteiger partial charge in [-0.2, -0.15) is 0 Å². The predicted octanol–water partition coefficient (Wildman–Crippen LogP) is 12.6.